The molecule has 0 radical (unpaired) electrons. The van der Waals surface area contributed by atoms with Gasteiger partial charge < -0.3 is 15.4 Å². The zero-order valence-corrected chi connectivity index (χ0v) is 19.7. The number of hydrogen-bond donors (Lipinski definition) is 2. The highest BCUT2D eigenvalue weighted by Gasteiger charge is 2.17. The number of benzene rings is 3. The average Bonchev–Trinajstić information content (AvgIpc) is 2.86. The van der Waals surface area contributed by atoms with Crippen molar-refractivity contribution in [1.29, 1.82) is 0 Å². The Morgan fingerprint density at radius 2 is 1.66 bits per heavy atom. The molecule has 0 bridgehead atoms. The Kier molecular flexibility index (Phi) is 6.87. The van der Waals surface area contributed by atoms with Gasteiger partial charge in [0.05, 0.1) is 16.8 Å². The lowest BCUT2D eigenvalue weighted by molar-refractivity contribution is -0.119. The smallest absolute Gasteiger partial charge is 0.339 e. The van der Waals surface area contributed by atoms with E-state index in [0.29, 0.717) is 33.4 Å². The molecule has 0 aliphatic heterocycles. The topological polar surface area (TPSA) is 97.4 Å². The SMILES string of the molecule is CNC(=O)c1ccc(NC(=O)COC(=O)c2cc(-c3ccc(C)cc3C)nc3ccccc23)cc1. The quantitative estimate of drug-likeness (QED) is 0.402. The van der Waals surface area contributed by atoms with Crippen molar-refractivity contribution in [2.75, 3.05) is 19.0 Å². The fourth-order valence-corrected chi connectivity index (χ4v) is 3.84. The van der Waals surface area contributed by atoms with E-state index in [0.717, 1.165) is 16.7 Å². The Bertz CT molecular complexity index is 1430. The van der Waals surface area contributed by atoms with Crippen molar-refractivity contribution in [2.24, 2.45) is 0 Å². The largest absolute Gasteiger partial charge is 0.452 e. The van der Waals surface area contributed by atoms with Crippen molar-refractivity contribution in [3.05, 3.63) is 95.1 Å². The lowest BCUT2D eigenvalue weighted by atomic mass is 9.99. The van der Waals surface area contributed by atoms with E-state index in [2.05, 4.69) is 16.7 Å². The monoisotopic (exact) mass is 467 g/mol. The Balaban J connectivity index is 1.52. The fourth-order valence-electron chi connectivity index (χ4n) is 3.84. The minimum Gasteiger partial charge on any atom is -0.452 e. The van der Waals surface area contributed by atoms with Crippen LogP contribution in [0.1, 0.15) is 31.8 Å². The van der Waals surface area contributed by atoms with Gasteiger partial charge in [0.2, 0.25) is 0 Å². The predicted octanol–water partition coefficient (Wildman–Crippen LogP) is 4.67. The maximum absolute atomic E-state index is 13.0. The van der Waals surface area contributed by atoms with E-state index >= 15 is 0 Å². The van der Waals surface area contributed by atoms with E-state index in [1.54, 1.807) is 43.4 Å². The number of para-hydroxylation sites is 1. The molecule has 0 saturated carbocycles. The average molecular weight is 468 g/mol. The number of esters is 1. The number of aromatic nitrogens is 1. The Hall–Kier alpha value is -4.52. The van der Waals surface area contributed by atoms with Crippen molar-refractivity contribution in [3.63, 3.8) is 0 Å². The number of amides is 2. The van der Waals surface area contributed by atoms with Gasteiger partial charge in [-0.2, -0.15) is 0 Å². The first-order valence-electron chi connectivity index (χ1n) is 11.1. The van der Waals surface area contributed by atoms with Gasteiger partial charge in [0.1, 0.15) is 0 Å². The summed E-state index contributed by atoms with van der Waals surface area (Å²) < 4.78 is 5.35. The van der Waals surface area contributed by atoms with E-state index in [1.807, 2.05) is 44.2 Å². The zero-order chi connectivity index (χ0) is 24.9. The first-order valence-corrected chi connectivity index (χ1v) is 11.1. The molecular formula is C28H25N3O4. The van der Waals surface area contributed by atoms with Gasteiger partial charge in [0.25, 0.3) is 11.8 Å². The number of pyridine rings is 1. The van der Waals surface area contributed by atoms with E-state index < -0.39 is 18.5 Å². The van der Waals surface area contributed by atoms with Crippen LogP contribution in [0.5, 0.6) is 0 Å². The molecule has 7 heteroatoms. The molecule has 0 fully saturated rings. The summed E-state index contributed by atoms with van der Waals surface area (Å²) in [5, 5.41) is 5.84. The predicted molar refractivity (Wildman–Crippen MR) is 135 cm³/mol. The van der Waals surface area contributed by atoms with Crippen LogP contribution < -0.4 is 10.6 Å². The van der Waals surface area contributed by atoms with Gasteiger partial charge in [-0.25, -0.2) is 9.78 Å². The second-order valence-electron chi connectivity index (χ2n) is 8.17. The van der Waals surface area contributed by atoms with Crippen LogP contribution >= 0.6 is 0 Å². The van der Waals surface area contributed by atoms with Crippen LogP contribution in [0.25, 0.3) is 22.2 Å². The molecule has 0 aliphatic rings. The summed E-state index contributed by atoms with van der Waals surface area (Å²) in [7, 11) is 1.54. The normalized spacial score (nSPS) is 10.6. The summed E-state index contributed by atoms with van der Waals surface area (Å²) in [6.45, 7) is 3.57. The molecule has 7 nitrogen and oxygen atoms in total. The van der Waals surface area contributed by atoms with Crippen LogP contribution in [0.15, 0.2) is 72.8 Å². The maximum atomic E-state index is 13.0. The number of fused-ring (bicyclic) bond motifs is 1. The van der Waals surface area contributed by atoms with Gasteiger partial charge in [-0.3, -0.25) is 9.59 Å². The summed E-state index contributed by atoms with van der Waals surface area (Å²) in [5.74, 6) is -1.32. The maximum Gasteiger partial charge on any atom is 0.339 e. The molecule has 0 unspecified atom stereocenters. The van der Waals surface area contributed by atoms with Crippen LogP contribution in [0.4, 0.5) is 5.69 Å². The van der Waals surface area contributed by atoms with E-state index in [9.17, 15) is 14.4 Å². The molecule has 4 aromatic rings. The summed E-state index contributed by atoms with van der Waals surface area (Å²) in [4.78, 5) is 41.8. The van der Waals surface area contributed by atoms with Crippen molar-refractivity contribution in [2.45, 2.75) is 13.8 Å². The summed E-state index contributed by atoms with van der Waals surface area (Å²) >= 11 is 0. The lowest BCUT2D eigenvalue weighted by Gasteiger charge is -2.12. The molecule has 0 spiro atoms. The molecule has 0 atom stereocenters. The summed E-state index contributed by atoms with van der Waals surface area (Å²) in [6, 6.07) is 21.5. The van der Waals surface area contributed by atoms with Gasteiger partial charge in [-0.15, -0.1) is 0 Å². The van der Waals surface area contributed by atoms with E-state index in [-0.39, 0.29) is 5.91 Å². The Labute approximate surface area is 203 Å². The third-order valence-corrected chi connectivity index (χ3v) is 5.59. The number of aryl methyl sites for hydroxylation is 2. The van der Waals surface area contributed by atoms with Gasteiger partial charge in [0.15, 0.2) is 6.61 Å². The molecule has 0 aliphatic carbocycles. The molecule has 176 valence electrons. The van der Waals surface area contributed by atoms with Gasteiger partial charge in [-0.05, 0) is 55.8 Å². The van der Waals surface area contributed by atoms with Crippen molar-refractivity contribution in [1.82, 2.24) is 10.3 Å². The molecular weight excluding hydrogens is 442 g/mol. The second kappa shape index (κ2) is 10.2. The van der Waals surface area contributed by atoms with Crippen LogP contribution in [0.3, 0.4) is 0 Å². The number of rotatable bonds is 6. The molecule has 0 saturated heterocycles. The molecule has 2 N–H and O–H groups in total. The Morgan fingerprint density at radius 3 is 2.37 bits per heavy atom. The van der Waals surface area contributed by atoms with Crippen LogP contribution in [-0.4, -0.2) is 36.4 Å². The Morgan fingerprint density at radius 1 is 0.914 bits per heavy atom. The molecule has 2 amide bonds. The first-order chi connectivity index (χ1) is 16.9. The number of ether oxygens (including phenoxy) is 1. The van der Waals surface area contributed by atoms with Gasteiger partial charge in [-0.1, -0.05) is 42.0 Å². The third-order valence-electron chi connectivity index (χ3n) is 5.59. The van der Waals surface area contributed by atoms with Crippen molar-refractivity contribution >= 4 is 34.4 Å². The minimum atomic E-state index is -0.611. The summed E-state index contributed by atoms with van der Waals surface area (Å²) in [5.41, 5.74) is 5.74. The number of anilines is 1. The number of nitrogens with zero attached hydrogens (tertiary/aromatic N) is 1. The van der Waals surface area contributed by atoms with Crippen molar-refractivity contribution < 1.29 is 19.1 Å². The third kappa shape index (κ3) is 5.35. The summed E-state index contributed by atoms with van der Waals surface area (Å²) in [6.07, 6.45) is 0. The number of hydrogen-bond acceptors (Lipinski definition) is 5. The zero-order valence-electron chi connectivity index (χ0n) is 19.7. The van der Waals surface area contributed by atoms with Crippen LogP contribution in [-0.2, 0) is 9.53 Å². The van der Waals surface area contributed by atoms with Gasteiger partial charge >= 0.3 is 5.97 Å². The van der Waals surface area contributed by atoms with E-state index in [4.69, 9.17) is 9.72 Å². The molecule has 4 rings (SSSR count). The molecule has 1 heterocycles. The molecule has 35 heavy (non-hydrogen) atoms. The highest BCUT2D eigenvalue weighted by atomic mass is 16.5. The number of carbonyl (C=O) groups excluding carboxylic acids is 3. The highest BCUT2D eigenvalue weighted by Crippen LogP contribution is 2.28. The highest BCUT2D eigenvalue weighted by molar-refractivity contribution is 6.05. The molecule has 1 aromatic heterocycles. The fraction of sp³-hybridized carbons (Fsp3) is 0.143. The van der Waals surface area contributed by atoms with Crippen LogP contribution in [0, 0.1) is 13.8 Å². The molecule has 3 aromatic carbocycles. The van der Waals surface area contributed by atoms with E-state index in [1.165, 1.54) is 0 Å². The second-order valence-corrected chi connectivity index (χ2v) is 8.17. The number of carbonyl (C=O) groups is 3. The van der Waals surface area contributed by atoms with Crippen LogP contribution in [0.2, 0.25) is 0 Å². The number of nitrogens with one attached hydrogen (secondary N) is 2. The standard InChI is InChI=1S/C28H25N3O4/c1-17-8-13-21(18(2)14-17)25-15-23(22-6-4-5-7-24(22)31-25)28(34)35-16-26(32)30-20-11-9-19(10-12-20)27(33)29-3/h4-15H,16H2,1-3H3,(H,29,33)(H,30,32). The van der Waals surface area contributed by atoms with Crippen molar-refractivity contribution in [3.8, 4) is 11.3 Å². The lowest BCUT2D eigenvalue weighted by Crippen LogP contribution is -2.21. The van der Waals surface area contributed by atoms with Gasteiger partial charge in [0, 0.05) is 29.2 Å². The minimum absolute atomic E-state index is 0.221. The first kappa shape index (κ1) is 23.6.